The van der Waals surface area contributed by atoms with Crippen LogP contribution in [0.4, 0.5) is 47.7 Å². The summed E-state index contributed by atoms with van der Waals surface area (Å²) in [4.78, 5) is 35.1. The first kappa shape index (κ1) is 69.0. The number of thiazole rings is 1. The van der Waals surface area contributed by atoms with Crippen molar-refractivity contribution in [3.05, 3.63) is 258 Å². The fourth-order valence-electron chi connectivity index (χ4n) is 7.82. The van der Waals surface area contributed by atoms with Gasteiger partial charge in [-0.15, -0.1) is 11.3 Å². The highest BCUT2D eigenvalue weighted by Gasteiger charge is 2.12. The Morgan fingerprint density at radius 3 is 1.84 bits per heavy atom. The molecule has 6 N–H and O–H groups in total. The number of phenolic OH excluding ortho intramolecular Hbond substituents is 2. The fraction of sp³-hybridized carbons (Fsp3) is 0.104. The average molecular weight is 1330 g/mol. The number of benzene rings is 8. The van der Waals surface area contributed by atoms with Crippen molar-refractivity contribution in [2.45, 2.75) is 14.9 Å². The zero-order chi connectivity index (χ0) is 63.9. The molecule has 11 aromatic rings. The number of nitro benzene ring substituents is 2. The van der Waals surface area contributed by atoms with Gasteiger partial charge in [-0.05, 0) is 171 Å². The summed E-state index contributed by atoms with van der Waals surface area (Å²) in [5.41, 5.74) is 21.9. The molecule has 0 aliphatic rings. The number of halogens is 4. The van der Waals surface area contributed by atoms with E-state index in [1.807, 2.05) is 153 Å². The van der Waals surface area contributed by atoms with Crippen LogP contribution < -0.4 is 21.3 Å². The molecule has 8 aromatic carbocycles. The van der Waals surface area contributed by atoms with Crippen molar-refractivity contribution in [1.82, 2.24) is 14.4 Å². The van der Waals surface area contributed by atoms with E-state index in [0.29, 0.717) is 6.54 Å². The first-order valence-electron chi connectivity index (χ1n) is 26.3. The van der Waals surface area contributed by atoms with Gasteiger partial charge in [0.2, 0.25) is 0 Å². The van der Waals surface area contributed by atoms with Gasteiger partial charge in [0, 0.05) is 98.8 Å². The number of phenols is 2. The van der Waals surface area contributed by atoms with Crippen molar-refractivity contribution in [3.63, 3.8) is 0 Å². The summed E-state index contributed by atoms with van der Waals surface area (Å²) in [6.45, 7) is 6.87. The minimum absolute atomic E-state index is 0. The third kappa shape index (κ3) is 21.3. The maximum absolute atomic E-state index is 12.4. The Labute approximate surface area is 532 Å². The molecule has 456 valence electrons. The molecule has 0 bridgehead atoms. The van der Waals surface area contributed by atoms with Crippen molar-refractivity contribution in [3.8, 4) is 39.4 Å². The van der Waals surface area contributed by atoms with Crippen LogP contribution in [0.25, 0.3) is 71.5 Å². The van der Waals surface area contributed by atoms with Crippen LogP contribution in [0.15, 0.2) is 206 Å². The summed E-state index contributed by atoms with van der Waals surface area (Å²) in [6, 6.07) is 56.2. The van der Waals surface area contributed by atoms with Crippen molar-refractivity contribution < 1.29 is 35.0 Å². The smallest absolute Gasteiger partial charge is 0.276 e. The van der Waals surface area contributed by atoms with E-state index in [9.17, 15) is 29.7 Å². The van der Waals surface area contributed by atoms with Gasteiger partial charge in [-0.2, -0.15) is 0 Å². The van der Waals surface area contributed by atoms with Crippen LogP contribution in [-0.2, 0) is 0 Å². The summed E-state index contributed by atoms with van der Waals surface area (Å²) >= 11 is 3.87. The Bertz CT molecular complexity index is 4220. The molecular weight excluding hydrogens is 1260 g/mol. The van der Waals surface area contributed by atoms with Crippen LogP contribution in [0.5, 0.6) is 11.5 Å². The summed E-state index contributed by atoms with van der Waals surface area (Å²) in [6.07, 6.45) is 9.72. The zero-order valence-corrected chi connectivity index (χ0v) is 49.7. The second kappa shape index (κ2) is 35.0. The SMILES string of the molecule is CN(C)c1ccc(-c2cn3cc([125I])ccc3n2)cc1.F[18F].Nc1ccc(-c2nc3ccc(O)cc3s2)cc1.Nc1ccc(/C=C/c2ccc(O)cc2)cc1.[11CH4].[11CH4].[2H]c1c([N+](=O)[O-])cccc1[N+](=O)[O-].[C-]#[N+]/C(C#N)=C\c1ccc2cc(N(C)CC[18F])ccc2c1. The molecule has 0 saturated carbocycles. The predicted octanol–water partition coefficient (Wildman–Crippen LogP) is 17.7. The molecule has 11 rings (SSSR count). The van der Waals surface area contributed by atoms with Gasteiger partial charge in [-0.1, -0.05) is 81.6 Å². The van der Waals surface area contributed by atoms with Gasteiger partial charge in [0.15, 0.2) is 0 Å². The molecule has 17 nitrogen and oxygen atoms in total. The molecule has 22 heteroatoms. The largest absolute Gasteiger partial charge is 0.508 e. The van der Waals surface area contributed by atoms with Gasteiger partial charge in [0.25, 0.3) is 17.1 Å². The van der Waals surface area contributed by atoms with Crippen molar-refractivity contribution in [2.24, 2.45) is 0 Å². The van der Waals surface area contributed by atoms with E-state index in [4.69, 9.17) is 38.9 Å². The summed E-state index contributed by atoms with van der Waals surface area (Å²) in [5.74, 6) is 0.551. The van der Waals surface area contributed by atoms with Crippen LogP contribution in [0.3, 0.4) is 0 Å². The number of rotatable bonds is 11. The summed E-state index contributed by atoms with van der Waals surface area (Å²) < 4.78 is 39.8. The number of nitrogen functional groups attached to an aromatic ring is 2. The topological polar surface area (TPSA) is 244 Å². The molecule has 0 atom stereocenters. The van der Waals surface area contributed by atoms with Gasteiger partial charge in [0.05, 0.1) is 45.8 Å². The van der Waals surface area contributed by atoms with Crippen LogP contribution in [0.1, 0.15) is 32.9 Å². The molecular formula is C67H63F3IN11O6S. The second-order valence-corrected chi connectivity index (χ2v) is 20.9. The molecule has 89 heavy (non-hydrogen) atoms. The average Bonchev–Trinajstić information content (AvgIpc) is 1.61. The first-order valence-corrected chi connectivity index (χ1v) is 27.7. The first-order chi connectivity index (χ1) is 42.3. The Morgan fingerprint density at radius 2 is 1.27 bits per heavy atom. The van der Waals surface area contributed by atoms with Crippen LogP contribution >= 0.6 is 33.9 Å². The molecule has 0 amide bonds. The molecule has 0 fully saturated rings. The van der Waals surface area contributed by atoms with E-state index < -0.39 is 27.3 Å². The van der Waals surface area contributed by atoms with E-state index >= 15 is 0 Å². The predicted molar refractivity (Wildman–Crippen MR) is 366 cm³/mol. The Hall–Kier alpha value is -10.8. The minimum atomic E-state index is -0.824. The number of nitrogens with zero attached hydrogens (tertiary/aromatic N) is 9. The summed E-state index contributed by atoms with van der Waals surface area (Å²) in [7, 11) is 5.94. The van der Waals surface area contributed by atoms with E-state index in [1.54, 1.807) is 41.7 Å². The third-order valence-corrected chi connectivity index (χ3v) is 14.0. The molecule has 0 saturated heterocycles. The molecule has 0 aliphatic heterocycles. The molecule has 0 radical (unpaired) electrons. The zero-order valence-electron chi connectivity index (χ0n) is 47.7. The number of aromatic nitrogens is 3. The number of aromatic hydroxyl groups is 2. The molecule has 3 aromatic heterocycles. The number of fused-ring (bicyclic) bond motifs is 3. The number of allylic oxidation sites excluding steroid dienone is 1. The minimum Gasteiger partial charge on any atom is -0.508 e. The second-order valence-electron chi connectivity index (χ2n) is 18.7. The van der Waals surface area contributed by atoms with Crippen molar-refractivity contribution in [2.75, 3.05) is 55.6 Å². The van der Waals surface area contributed by atoms with Crippen LogP contribution in [0, 0.1) is 41.7 Å². The van der Waals surface area contributed by atoms with Gasteiger partial charge in [-0.25, -0.2) is 24.5 Å². The van der Waals surface area contributed by atoms with Crippen LogP contribution in [0.2, 0.25) is 0 Å². The van der Waals surface area contributed by atoms with E-state index in [0.717, 1.165) is 94.3 Å². The number of nitro groups is 2. The Balaban J connectivity index is 0.000000239. The monoisotopic (exact) mass is 1330 g/mol. The van der Waals surface area contributed by atoms with Gasteiger partial charge in [-0.3, -0.25) is 20.2 Å². The van der Waals surface area contributed by atoms with Crippen LogP contribution in [-0.4, -0.2) is 68.8 Å². The highest BCUT2D eigenvalue weighted by Crippen LogP contribution is 2.33. The maximum Gasteiger partial charge on any atom is 0.276 e. The van der Waals surface area contributed by atoms with E-state index in [2.05, 4.69) is 89.4 Å². The standard InChI is InChI=1S/C17H14FN3.C15H14IN3.C14H13NO.C13H10N2OS.C6H4N2O4.2CH4.F2/c1-20-16(12-19)10-13-3-4-15-11-17(21(2)8-7-18)6-5-14(15)9-13;1-18(2)13-6-3-11(4-7-13)14-10-19-9-12(16)5-8-15(19)17-14;15-13-7-3-11(4-8-13)1-2-12-5-9-14(16)10-6-12;14-9-3-1-8(2-4-9)13-15-11-6-5-10(16)7-12(11)17-13;9-7(10)5-2-1-3-6(4-5)8(11)12;;;1-2/h3-6,9-11H,7-8H2,2H3;3-10H,1-2H3;1-10,16H,15H2;1-7,16H,14H2;1-4H;2*1H4;/b16-10-;;2-1+;;;;;/i18-1;16-2;;;4D;3*1-1. The number of nitrogens with two attached hydrogens (primary N) is 2. The maximum atomic E-state index is 12.4. The van der Waals surface area contributed by atoms with Gasteiger partial charge >= 0.3 is 0 Å². The number of hydrogen-bond donors (Lipinski definition) is 4. The van der Waals surface area contributed by atoms with Gasteiger partial charge in [0.1, 0.15) is 28.8 Å². The van der Waals surface area contributed by atoms with E-state index in [-0.39, 0.29) is 38.7 Å². The number of hydrogen-bond acceptors (Lipinski definition) is 14. The fourth-order valence-corrected chi connectivity index (χ4v) is 9.31. The molecule has 0 spiro atoms. The summed E-state index contributed by atoms with van der Waals surface area (Å²) in [5, 5.41) is 50.8. The third-order valence-electron chi connectivity index (χ3n) is 12.3. The lowest BCUT2D eigenvalue weighted by Gasteiger charge is -2.18. The normalized spacial score (nSPS) is 10.4. The number of nitriles is 1. The van der Waals surface area contributed by atoms with E-state index in [1.165, 1.54) is 15.3 Å². The highest BCUT2D eigenvalue weighted by molar-refractivity contribution is 14.1. The van der Waals surface area contributed by atoms with Crippen molar-refractivity contribution >= 4 is 113 Å². The molecule has 0 unspecified atom stereocenters. The Kier molecular flexibility index (Phi) is 27.1. The molecule has 0 aliphatic carbocycles. The quantitative estimate of drug-likeness (QED) is 0.0179. The lowest BCUT2D eigenvalue weighted by molar-refractivity contribution is -0.394. The number of imidazole rings is 1. The van der Waals surface area contributed by atoms with Gasteiger partial charge < -0.3 is 35.9 Å². The lowest BCUT2D eigenvalue weighted by Crippen LogP contribution is -2.19. The highest BCUT2D eigenvalue weighted by atomic mass is 125. The number of anilines is 4. The number of alkyl halides is 1. The van der Waals surface area contributed by atoms with Crippen molar-refractivity contribution in [1.29, 1.82) is 5.26 Å². The lowest BCUT2D eigenvalue weighted by atomic mass is 10.1. The molecule has 3 heterocycles. The Morgan fingerprint density at radius 1 is 0.730 bits per heavy atom. The number of pyridine rings is 1.